The van der Waals surface area contributed by atoms with E-state index in [1.54, 1.807) is 13.0 Å². The normalized spacial score (nSPS) is 18.6. The van der Waals surface area contributed by atoms with Crippen LogP contribution in [0.15, 0.2) is 16.7 Å². The fourth-order valence-electron chi connectivity index (χ4n) is 1.79. The molecular weight excluding hydrogens is 282 g/mol. The molecule has 0 aliphatic heterocycles. The molecule has 1 aliphatic rings. The molecule has 0 radical (unpaired) electrons. The maximum absolute atomic E-state index is 12.1. The highest BCUT2D eigenvalue weighted by atomic mass is 79.9. The molecule has 3 N–H and O–H groups in total. The molecule has 1 aromatic rings. The topological polar surface area (TPSA) is 68.0 Å². The van der Waals surface area contributed by atoms with Gasteiger partial charge in [-0.05, 0) is 60.7 Å². The maximum atomic E-state index is 12.1. The van der Waals surface area contributed by atoms with Crippen molar-refractivity contribution in [2.24, 2.45) is 11.7 Å². The molecule has 0 aromatic carbocycles. The Hall–Kier alpha value is -0.940. The molecule has 1 saturated carbocycles. The van der Waals surface area contributed by atoms with Crippen molar-refractivity contribution in [3.8, 4) is 0 Å². The second kappa shape index (κ2) is 4.38. The van der Waals surface area contributed by atoms with Crippen LogP contribution >= 0.6 is 15.9 Å². The van der Waals surface area contributed by atoms with Gasteiger partial charge in [-0.25, -0.2) is 4.98 Å². The standard InChI is InChI=1S/C12H16BrN3O/c1-7-9(5-6-10(13)15-7)16-11(17)12(2,14)8-3-4-8/h5-6,8H,3-4,14H2,1-2H3,(H,16,17). The molecule has 1 fully saturated rings. The minimum absolute atomic E-state index is 0.132. The van der Waals surface area contributed by atoms with Gasteiger partial charge in [-0.2, -0.15) is 0 Å². The fourth-order valence-corrected chi connectivity index (χ4v) is 2.19. The Morgan fingerprint density at radius 3 is 2.76 bits per heavy atom. The number of nitrogens with two attached hydrogens (primary N) is 1. The number of nitrogens with one attached hydrogen (secondary N) is 1. The zero-order valence-electron chi connectivity index (χ0n) is 9.96. The van der Waals surface area contributed by atoms with Crippen molar-refractivity contribution in [2.75, 3.05) is 5.32 Å². The number of halogens is 1. The predicted molar refractivity (Wildman–Crippen MR) is 70.6 cm³/mol. The monoisotopic (exact) mass is 297 g/mol. The van der Waals surface area contributed by atoms with Gasteiger partial charge in [0.2, 0.25) is 5.91 Å². The number of pyridine rings is 1. The number of anilines is 1. The third kappa shape index (κ3) is 2.66. The molecule has 5 heteroatoms. The molecule has 2 rings (SSSR count). The number of aromatic nitrogens is 1. The number of hydrogen-bond acceptors (Lipinski definition) is 3. The fraction of sp³-hybridized carbons (Fsp3) is 0.500. The van der Waals surface area contributed by atoms with E-state index in [2.05, 4.69) is 26.2 Å². The summed E-state index contributed by atoms with van der Waals surface area (Å²) in [5.74, 6) is 0.179. The highest BCUT2D eigenvalue weighted by molar-refractivity contribution is 9.10. The van der Waals surface area contributed by atoms with E-state index >= 15 is 0 Å². The number of amides is 1. The summed E-state index contributed by atoms with van der Waals surface area (Å²) in [5.41, 5.74) is 6.77. The molecule has 1 aromatic heterocycles. The van der Waals surface area contributed by atoms with Gasteiger partial charge in [-0.15, -0.1) is 0 Å². The number of carbonyl (C=O) groups is 1. The lowest BCUT2D eigenvalue weighted by molar-refractivity contribution is -0.121. The summed E-state index contributed by atoms with van der Waals surface area (Å²) in [6.45, 7) is 3.65. The van der Waals surface area contributed by atoms with Gasteiger partial charge in [0, 0.05) is 0 Å². The van der Waals surface area contributed by atoms with Crippen molar-refractivity contribution in [2.45, 2.75) is 32.2 Å². The third-order valence-electron chi connectivity index (χ3n) is 3.21. The molecule has 1 heterocycles. The van der Waals surface area contributed by atoms with Crippen molar-refractivity contribution in [1.29, 1.82) is 0 Å². The van der Waals surface area contributed by atoms with Gasteiger partial charge >= 0.3 is 0 Å². The molecule has 0 spiro atoms. The maximum Gasteiger partial charge on any atom is 0.244 e. The number of rotatable bonds is 3. The van der Waals surface area contributed by atoms with Crippen LogP contribution in [0.25, 0.3) is 0 Å². The summed E-state index contributed by atoms with van der Waals surface area (Å²) in [6, 6.07) is 3.63. The SMILES string of the molecule is Cc1nc(Br)ccc1NC(=O)C(C)(N)C1CC1. The summed E-state index contributed by atoms with van der Waals surface area (Å²) in [4.78, 5) is 16.3. The number of nitrogens with zero attached hydrogens (tertiary/aromatic N) is 1. The van der Waals surface area contributed by atoms with Gasteiger partial charge in [-0.3, -0.25) is 4.79 Å². The van der Waals surface area contributed by atoms with Crippen LogP contribution in [0.4, 0.5) is 5.69 Å². The summed E-state index contributed by atoms with van der Waals surface area (Å²) >= 11 is 3.29. The first-order chi connectivity index (χ1) is 7.91. The lowest BCUT2D eigenvalue weighted by atomic mass is 9.96. The summed E-state index contributed by atoms with van der Waals surface area (Å²) in [7, 11) is 0. The van der Waals surface area contributed by atoms with Crippen LogP contribution in [0, 0.1) is 12.8 Å². The van der Waals surface area contributed by atoms with Crippen LogP contribution in [0.3, 0.4) is 0 Å². The van der Waals surface area contributed by atoms with Crippen LogP contribution in [-0.4, -0.2) is 16.4 Å². The lowest BCUT2D eigenvalue weighted by Crippen LogP contribution is -2.50. The molecule has 1 amide bonds. The van der Waals surface area contributed by atoms with E-state index < -0.39 is 5.54 Å². The molecule has 92 valence electrons. The molecule has 4 nitrogen and oxygen atoms in total. The Labute approximate surface area is 109 Å². The van der Waals surface area contributed by atoms with Crippen LogP contribution in [0.2, 0.25) is 0 Å². The van der Waals surface area contributed by atoms with Crippen molar-refractivity contribution < 1.29 is 4.79 Å². The Morgan fingerprint density at radius 2 is 2.24 bits per heavy atom. The number of aryl methyl sites for hydroxylation is 1. The molecular formula is C12H16BrN3O. The molecule has 0 bridgehead atoms. The van der Waals surface area contributed by atoms with Crippen molar-refractivity contribution in [1.82, 2.24) is 4.98 Å². The molecule has 0 saturated heterocycles. The Balaban J connectivity index is 2.12. The van der Waals surface area contributed by atoms with E-state index in [4.69, 9.17) is 5.73 Å². The van der Waals surface area contributed by atoms with E-state index in [1.165, 1.54) is 0 Å². The van der Waals surface area contributed by atoms with Gasteiger partial charge in [0.05, 0.1) is 16.9 Å². The molecule has 1 aliphatic carbocycles. The largest absolute Gasteiger partial charge is 0.323 e. The Morgan fingerprint density at radius 1 is 1.59 bits per heavy atom. The first kappa shape index (κ1) is 12.5. The van der Waals surface area contributed by atoms with E-state index in [1.807, 2.05) is 13.0 Å². The molecule has 17 heavy (non-hydrogen) atoms. The second-order valence-corrected chi connectivity index (χ2v) is 5.59. The predicted octanol–water partition coefficient (Wildman–Crippen LogP) is 2.22. The summed E-state index contributed by atoms with van der Waals surface area (Å²) < 4.78 is 0.755. The first-order valence-corrected chi connectivity index (χ1v) is 6.44. The minimum atomic E-state index is -0.778. The van der Waals surface area contributed by atoms with Gasteiger partial charge in [0.25, 0.3) is 0 Å². The quantitative estimate of drug-likeness (QED) is 0.841. The average Bonchev–Trinajstić information content (AvgIpc) is 3.05. The van der Waals surface area contributed by atoms with Crippen LogP contribution in [0.1, 0.15) is 25.5 Å². The van der Waals surface area contributed by atoms with E-state index in [9.17, 15) is 4.79 Å². The highest BCUT2D eigenvalue weighted by Crippen LogP contribution is 2.38. The zero-order chi connectivity index (χ0) is 12.6. The first-order valence-electron chi connectivity index (χ1n) is 5.64. The van der Waals surface area contributed by atoms with Crippen molar-refractivity contribution in [3.63, 3.8) is 0 Å². The van der Waals surface area contributed by atoms with Crippen LogP contribution in [-0.2, 0) is 4.79 Å². The van der Waals surface area contributed by atoms with E-state index in [-0.39, 0.29) is 5.91 Å². The lowest BCUT2D eigenvalue weighted by Gasteiger charge is -2.23. The van der Waals surface area contributed by atoms with Gasteiger partial charge in [0.15, 0.2) is 0 Å². The van der Waals surface area contributed by atoms with Crippen LogP contribution < -0.4 is 11.1 Å². The highest BCUT2D eigenvalue weighted by Gasteiger charge is 2.44. The summed E-state index contributed by atoms with van der Waals surface area (Å²) in [6.07, 6.45) is 2.08. The number of hydrogen-bond donors (Lipinski definition) is 2. The minimum Gasteiger partial charge on any atom is -0.323 e. The van der Waals surface area contributed by atoms with Crippen molar-refractivity contribution in [3.05, 3.63) is 22.4 Å². The Kier molecular flexibility index (Phi) is 3.23. The van der Waals surface area contributed by atoms with Crippen molar-refractivity contribution >= 4 is 27.5 Å². The van der Waals surface area contributed by atoms with E-state index in [0.29, 0.717) is 5.92 Å². The van der Waals surface area contributed by atoms with Gasteiger partial charge in [0.1, 0.15) is 4.60 Å². The average molecular weight is 298 g/mol. The zero-order valence-corrected chi connectivity index (χ0v) is 11.5. The van der Waals surface area contributed by atoms with Gasteiger partial charge < -0.3 is 11.1 Å². The molecule has 1 atom stereocenters. The summed E-state index contributed by atoms with van der Waals surface area (Å²) in [5, 5.41) is 2.85. The second-order valence-electron chi connectivity index (χ2n) is 4.78. The Bertz CT molecular complexity index is 455. The van der Waals surface area contributed by atoms with Gasteiger partial charge in [-0.1, -0.05) is 0 Å². The molecule has 1 unspecified atom stereocenters. The number of carbonyl (C=O) groups excluding carboxylic acids is 1. The van der Waals surface area contributed by atoms with Crippen LogP contribution in [0.5, 0.6) is 0 Å². The third-order valence-corrected chi connectivity index (χ3v) is 3.66. The smallest absolute Gasteiger partial charge is 0.244 e. The van der Waals surface area contributed by atoms with E-state index in [0.717, 1.165) is 28.8 Å².